The Morgan fingerprint density at radius 1 is 1.05 bits per heavy atom. The first kappa shape index (κ1) is 13.7. The molecule has 0 spiro atoms. The summed E-state index contributed by atoms with van der Waals surface area (Å²) in [5.41, 5.74) is 1.81. The molecule has 5 heteroatoms. The van der Waals surface area contributed by atoms with E-state index in [1.54, 1.807) is 0 Å². The molecule has 0 radical (unpaired) electrons. The summed E-state index contributed by atoms with van der Waals surface area (Å²) >= 11 is 0. The summed E-state index contributed by atoms with van der Waals surface area (Å²) in [5, 5.41) is 11.7. The maximum atomic E-state index is 5.70. The Bertz CT molecular complexity index is 599. The number of hydrogen-bond acceptors (Lipinski definition) is 5. The van der Waals surface area contributed by atoms with Crippen molar-refractivity contribution < 1.29 is 9.47 Å². The fourth-order valence-corrected chi connectivity index (χ4v) is 2.16. The zero-order valence-corrected chi connectivity index (χ0v) is 12.1. The number of aromatic nitrogens is 2. The predicted molar refractivity (Wildman–Crippen MR) is 81.9 cm³/mol. The average Bonchev–Trinajstić information content (AvgIpc) is 2.78. The van der Waals surface area contributed by atoms with Crippen molar-refractivity contribution in [2.24, 2.45) is 0 Å². The molecule has 0 atom stereocenters. The van der Waals surface area contributed by atoms with Gasteiger partial charge in [0.1, 0.15) is 5.82 Å². The lowest BCUT2D eigenvalue weighted by molar-refractivity contribution is 0.297. The average molecular weight is 285 g/mol. The van der Waals surface area contributed by atoms with Gasteiger partial charge >= 0.3 is 0 Å². The first-order valence-corrected chi connectivity index (χ1v) is 7.34. The van der Waals surface area contributed by atoms with Crippen LogP contribution in [-0.2, 0) is 0 Å². The van der Waals surface area contributed by atoms with Crippen LogP contribution in [0.5, 0.6) is 11.5 Å². The van der Waals surface area contributed by atoms with Crippen LogP contribution < -0.4 is 14.8 Å². The topological polar surface area (TPSA) is 56.3 Å². The normalized spacial score (nSPS) is 13.6. The van der Waals surface area contributed by atoms with Crippen LogP contribution in [0.4, 0.5) is 5.82 Å². The number of benzene rings is 1. The van der Waals surface area contributed by atoms with E-state index in [9.17, 15) is 0 Å². The highest BCUT2D eigenvalue weighted by molar-refractivity contribution is 5.64. The van der Waals surface area contributed by atoms with E-state index in [1.807, 2.05) is 30.3 Å². The summed E-state index contributed by atoms with van der Waals surface area (Å²) in [6.07, 6.45) is 1.97. The molecule has 1 aromatic heterocycles. The van der Waals surface area contributed by atoms with Gasteiger partial charge in [0.15, 0.2) is 11.5 Å². The summed E-state index contributed by atoms with van der Waals surface area (Å²) < 4.78 is 11.3. The Morgan fingerprint density at radius 2 is 1.90 bits per heavy atom. The number of ether oxygens (including phenoxy) is 2. The minimum atomic E-state index is 0.683. The molecular weight excluding hydrogens is 266 g/mol. The van der Waals surface area contributed by atoms with Gasteiger partial charge in [-0.25, -0.2) is 0 Å². The van der Waals surface area contributed by atoms with E-state index in [0.717, 1.165) is 48.0 Å². The molecule has 3 rings (SSSR count). The number of hydrogen-bond donors (Lipinski definition) is 1. The molecule has 0 saturated heterocycles. The third-order valence-corrected chi connectivity index (χ3v) is 3.26. The Hall–Kier alpha value is -2.30. The molecule has 0 amide bonds. The lowest BCUT2D eigenvalue weighted by Crippen LogP contribution is -2.02. The van der Waals surface area contributed by atoms with E-state index in [-0.39, 0.29) is 0 Å². The number of fused-ring (bicyclic) bond motifs is 1. The Balaban J connectivity index is 1.81. The van der Waals surface area contributed by atoms with Crippen LogP contribution in [0.25, 0.3) is 11.3 Å². The van der Waals surface area contributed by atoms with Gasteiger partial charge in [-0.3, -0.25) is 0 Å². The molecule has 2 heterocycles. The number of nitrogens with one attached hydrogen (secondary N) is 1. The van der Waals surface area contributed by atoms with Crippen molar-refractivity contribution in [3.05, 3.63) is 30.3 Å². The zero-order valence-electron chi connectivity index (χ0n) is 12.1. The van der Waals surface area contributed by atoms with Crippen LogP contribution in [0.3, 0.4) is 0 Å². The van der Waals surface area contributed by atoms with Crippen LogP contribution in [0.15, 0.2) is 30.3 Å². The second kappa shape index (κ2) is 6.43. The molecule has 0 saturated carbocycles. The lowest BCUT2D eigenvalue weighted by Gasteiger charge is -2.09. The Kier molecular flexibility index (Phi) is 4.19. The maximum Gasteiger partial charge on any atom is 0.161 e. The van der Waals surface area contributed by atoms with Gasteiger partial charge in [0.05, 0.1) is 18.9 Å². The van der Waals surface area contributed by atoms with Crippen LogP contribution in [0, 0.1) is 0 Å². The number of nitrogens with zero attached hydrogens (tertiary/aromatic N) is 2. The number of anilines is 1. The highest BCUT2D eigenvalue weighted by atomic mass is 16.5. The van der Waals surface area contributed by atoms with Gasteiger partial charge in [0, 0.05) is 18.5 Å². The van der Waals surface area contributed by atoms with Gasteiger partial charge in [-0.1, -0.05) is 6.92 Å². The fourth-order valence-electron chi connectivity index (χ4n) is 2.16. The highest BCUT2D eigenvalue weighted by Crippen LogP contribution is 2.33. The summed E-state index contributed by atoms with van der Waals surface area (Å²) in [4.78, 5) is 0. The van der Waals surface area contributed by atoms with Gasteiger partial charge in [0.25, 0.3) is 0 Å². The molecule has 0 fully saturated rings. The second-order valence-electron chi connectivity index (χ2n) is 4.94. The summed E-state index contributed by atoms with van der Waals surface area (Å²) in [7, 11) is 0. The van der Waals surface area contributed by atoms with Gasteiger partial charge in [-0.05, 0) is 36.8 Å². The van der Waals surface area contributed by atoms with E-state index in [1.165, 1.54) is 0 Å². The van der Waals surface area contributed by atoms with Crippen molar-refractivity contribution in [1.82, 2.24) is 10.2 Å². The second-order valence-corrected chi connectivity index (χ2v) is 4.94. The summed E-state index contributed by atoms with van der Waals surface area (Å²) in [6.45, 7) is 4.40. The first-order valence-electron chi connectivity index (χ1n) is 7.34. The van der Waals surface area contributed by atoms with Crippen molar-refractivity contribution in [3.63, 3.8) is 0 Å². The van der Waals surface area contributed by atoms with Crippen molar-refractivity contribution in [2.45, 2.75) is 19.8 Å². The molecule has 1 aliphatic rings. The van der Waals surface area contributed by atoms with E-state index in [2.05, 4.69) is 22.4 Å². The van der Waals surface area contributed by atoms with Gasteiger partial charge in [-0.2, -0.15) is 0 Å². The standard InChI is InChI=1S/C16H19N3O2/c1-2-8-17-16-7-5-13(18-19-16)12-4-6-14-15(11-12)21-10-3-9-20-14/h4-7,11H,2-3,8-10H2,1H3,(H,17,19). The summed E-state index contributed by atoms with van der Waals surface area (Å²) in [5.74, 6) is 2.38. The van der Waals surface area contributed by atoms with Gasteiger partial charge in [0.2, 0.25) is 0 Å². The zero-order chi connectivity index (χ0) is 14.5. The van der Waals surface area contributed by atoms with Crippen LogP contribution in [0.2, 0.25) is 0 Å². The molecule has 1 aromatic carbocycles. The fraction of sp³-hybridized carbons (Fsp3) is 0.375. The maximum absolute atomic E-state index is 5.70. The van der Waals surface area contributed by atoms with Crippen molar-refractivity contribution >= 4 is 5.82 Å². The van der Waals surface area contributed by atoms with Gasteiger partial charge in [-0.15, -0.1) is 10.2 Å². The molecule has 0 aliphatic carbocycles. The molecule has 1 N–H and O–H groups in total. The van der Waals surface area contributed by atoms with E-state index in [4.69, 9.17) is 9.47 Å². The van der Waals surface area contributed by atoms with Crippen LogP contribution >= 0.6 is 0 Å². The van der Waals surface area contributed by atoms with Gasteiger partial charge < -0.3 is 14.8 Å². The summed E-state index contributed by atoms with van der Waals surface area (Å²) in [6, 6.07) is 9.78. The number of rotatable bonds is 4. The smallest absolute Gasteiger partial charge is 0.161 e. The van der Waals surface area contributed by atoms with Crippen molar-refractivity contribution in [3.8, 4) is 22.8 Å². The third kappa shape index (κ3) is 3.24. The molecule has 21 heavy (non-hydrogen) atoms. The van der Waals surface area contributed by atoms with E-state index in [0.29, 0.717) is 13.2 Å². The molecule has 5 nitrogen and oxygen atoms in total. The minimum absolute atomic E-state index is 0.683. The monoisotopic (exact) mass is 285 g/mol. The van der Waals surface area contributed by atoms with E-state index >= 15 is 0 Å². The quantitative estimate of drug-likeness (QED) is 0.935. The van der Waals surface area contributed by atoms with E-state index < -0.39 is 0 Å². The predicted octanol–water partition coefficient (Wildman–Crippen LogP) is 3.13. The highest BCUT2D eigenvalue weighted by Gasteiger charge is 2.12. The lowest BCUT2D eigenvalue weighted by atomic mass is 10.1. The molecule has 0 bridgehead atoms. The molecule has 110 valence electrons. The first-order chi connectivity index (χ1) is 10.4. The third-order valence-electron chi connectivity index (χ3n) is 3.26. The molecule has 0 unspecified atom stereocenters. The molecule has 1 aliphatic heterocycles. The molecule has 2 aromatic rings. The van der Waals surface area contributed by atoms with Crippen LogP contribution in [-0.4, -0.2) is 30.0 Å². The Morgan fingerprint density at radius 3 is 2.67 bits per heavy atom. The minimum Gasteiger partial charge on any atom is -0.490 e. The SMILES string of the molecule is CCCNc1ccc(-c2ccc3c(c2)OCCCO3)nn1. The van der Waals surface area contributed by atoms with Crippen molar-refractivity contribution in [1.29, 1.82) is 0 Å². The van der Waals surface area contributed by atoms with Crippen LogP contribution in [0.1, 0.15) is 19.8 Å². The Labute approximate surface area is 124 Å². The largest absolute Gasteiger partial charge is 0.490 e. The molecular formula is C16H19N3O2. The van der Waals surface area contributed by atoms with Crippen molar-refractivity contribution in [2.75, 3.05) is 25.1 Å².